The first-order valence-corrected chi connectivity index (χ1v) is 14.8. The van der Waals surface area contributed by atoms with Gasteiger partial charge < -0.3 is 14.7 Å². The molecular weight excluding hydrogens is 541 g/mol. The fourth-order valence-corrected chi connectivity index (χ4v) is 6.91. The summed E-state index contributed by atoms with van der Waals surface area (Å²) in [6.07, 6.45) is -1.09. The van der Waals surface area contributed by atoms with Gasteiger partial charge in [0, 0.05) is 50.0 Å². The van der Waals surface area contributed by atoms with Crippen LogP contribution in [0.5, 0.6) is 0 Å². The summed E-state index contributed by atoms with van der Waals surface area (Å²) in [5.41, 5.74) is 2.98. The lowest BCUT2D eigenvalue weighted by Crippen LogP contribution is -2.57. The molecule has 2 aromatic carbocycles. The molecule has 4 aromatic rings. The van der Waals surface area contributed by atoms with Crippen LogP contribution in [0.3, 0.4) is 0 Å². The number of nitrogens with zero attached hydrogens (tertiary/aromatic N) is 8. The molecule has 0 amide bonds. The summed E-state index contributed by atoms with van der Waals surface area (Å²) in [5, 5.41) is 8.94. The van der Waals surface area contributed by atoms with Gasteiger partial charge >= 0.3 is 6.18 Å². The number of likely N-dealkylation sites (N-methyl/N-ethyl adjacent to an activating group) is 1. The summed E-state index contributed by atoms with van der Waals surface area (Å²) in [6, 6.07) is 11.4. The van der Waals surface area contributed by atoms with Gasteiger partial charge in [-0.3, -0.25) is 14.3 Å². The molecule has 0 N–H and O–H groups in total. The monoisotopic (exact) mass is 580 g/mol. The van der Waals surface area contributed by atoms with Crippen LogP contribution >= 0.6 is 0 Å². The van der Waals surface area contributed by atoms with Gasteiger partial charge in [0.1, 0.15) is 0 Å². The Morgan fingerprint density at radius 1 is 0.905 bits per heavy atom. The van der Waals surface area contributed by atoms with Crippen LogP contribution in [-0.4, -0.2) is 94.3 Å². The molecule has 6 rings (SSSR count). The van der Waals surface area contributed by atoms with Gasteiger partial charge in [0.2, 0.25) is 5.95 Å². The van der Waals surface area contributed by atoms with Crippen molar-refractivity contribution < 1.29 is 13.2 Å². The normalized spacial score (nSPS) is 21.3. The number of fused-ring (bicyclic) bond motifs is 3. The molecule has 2 aliphatic heterocycles. The van der Waals surface area contributed by atoms with E-state index in [1.807, 2.05) is 41.6 Å². The minimum absolute atomic E-state index is 0.254. The molecule has 11 heteroatoms. The minimum atomic E-state index is -4.47. The Morgan fingerprint density at radius 2 is 1.57 bits per heavy atom. The third kappa shape index (κ3) is 5.17. The maximum absolute atomic E-state index is 14.4. The van der Waals surface area contributed by atoms with Gasteiger partial charge in [0.15, 0.2) is 5.65 Å². The Labute approximate surface area is 244 Å². The first-order chi connectivity index (χ1) is 20.0. The van der Waals surface area contributed by atoms with E-state index in [1.54, 1.807) is 18.3 Å². The lowest BCUT2D eigenvalue weighted by molar-refractivity contribution is -0.137. The molecular formula is C31H39F3N8. The molecule has 1 unspecified atom stereocenters. The molecule has 0 radical (unpaired) electrons. The first-order valence-electron chi connectivity index (χ1n) is 14.8. The van der Waals surface area contributed by atoms with Crippen LogP contribution in [0, 0.1) is 0 Å². The predicted octanol–water partition coefficient (Wildman–Crippen LogP) is 5.41. The van der Waals surface area contributed by atoms with Crippen molar-refractivity contribution in [2.24, 2.45) is 0 Å². The molecule has 2 fully saturated rings. The summed E-state index contributed by atoms with van der Waals surface area (Å²) in [4.78, 5) is 13.3. The van der Waals surface area contributed by atoms with E-state index in [9.17, 15) is 13.2 Å². The Hall–Kier alpha value is -3.44. The smallest absolute Gasteiger partial charge is 0.371 e. The molecule has 2 saturated heterocycles. The maximum Gasteiger partial charge on any atom is 0.418 e. The van der Waals surface area contributed by atoms with Crippen molar-refractivity contribution in [1.29, 1.82) is 0 Å². The number of rotatable bonds is 5. The van der Waals surface area contributed by atoms with Crippen molar-refractivity contribution in [1.82, 2.24) is 29.4 Å². The van der Waals surface area contributed by atoms with E-state index in [1.165, 1.54) is 6.07 Å². The second kappa shape index (κ2) is 11.0. The lowest BCUT2D eigenvalue weighted by atomic mass is 9.98. The van der Waals surface area contributed by atoms with Crippen LogP contribution in [0.25, 0.3) is 27.8 Å². The van der Waals surface area contributed by atoms with Gasteiger partial charge in [0.05, 0.1) is 22.8 Å². The van der Waals surface area contributed by atoms with Crippen molar-refractivity contribution in [2.45, 2.75) is 57.9 Å². The number of hydrogen-bond donors (Lipinski definition) is 0. The number of benzene rings is 2. The number of halogens is 3. The SMILES string of the molecule is CCN1C(C)CN(c2nnc3cnc4ccc(-c5ccc(N6CCC(N(C)C)CC6)c(C(F)(F)F)c5)cc4n23)C[C@@H]1C. The summed E-state index contributed by atoms with van der Waals surface area (Å²) in [5.74, 6) is 0.733. The largest absolute Gasteiger partial charge is 0.418 e. The number of aromatic nitrogens is 4. The van der Waals surface area contributed by atoms with Crippen LogP contribution in [-0.2, 0) is 6.18 Å². The third-order valence-corrected chi connectivity index (χ3v) is 9.13. The average molecular weight is 581 g/mol. The van der Waals surface area contributed by atoms with Crippen LogP contribution < -0.4 is 9.80 Å². The number of piperazine rings is 1. The summed E-state index contributed by atoms with van der Waals surface area (Å²) >= 11 is 0. The zero-order valence-electron chi connectivity index (χ0n) is 24.9. The van der Waals surface area contributed by atoms with Crippen molar-refractivity contribution in [3.8, 4) is 11.1 Å². The van der Waals surface area contributed by atoms with Crippen molar-refractivity contribution >= 4 is 28.3 Å². The predicted molar refractivity (Wildman–Crippen MR) is 161 cm³/mol. The fourth-order valence-electron chi connectivity index (χ4n) is 6.91. The highest BCUT2D eigenvalue weighted by Gasteiger charge is 2.36. The lowest BCUT2D eigenvalue weighted by Gasteiger charge is -2.44. The molecule has 0 bridgehead atoms. The highest BCUT2D eigenvalue weighted by atomic mass is 19.4. The second-order valence-electron chi connectivity index (χ2n) is 12.0. The summed E-state index contributed by atoms with van der Waals surface area (Å²) in [7, 11) is 4.05. The quantitative estimate of drug-likeness (QED) is 0.313. The van der Waals surface area contributed by atoms with Crippen LogP contribution in [0.2, 0.25) is 0 Å². The molecule has 0 saturated carbocycles. The highest BCUT2D eigenvalue weighted by Crippen LogP contribution is 2.40. The zero-order valence-corrected chi connectivity index (χ0v) is 24.9. The van der Waals surface area contributed by atoms with Gasteiger partial charge in [-0.15, -0.1) is 10.2 Å². The summed E-state index contributed by atoms with van der Waals surface area (Å²) < 4.78 is 45.3. The zero-order chi connectivity index (χ0) is 29.8. The number of hydrogen-bond acceptors (Lipinski definition) is 7. The molecule has 0 spiro atoms. The van der Waals surface area contributed by atoms with Gasteiger partial charge in [0.25, 0.3) is 0 Å². The number of anilines is 2. The van der Waals surface area contributed by atoms with E-state index in [2.05, 4.69) is 50.7 Å². The Kier molecular flexibility index (Phi) is 7.51. The second-order valence-corrected chi connectivity index (χ2v) is 12.0. The number of piperidine rings is 1. The molecule has 8 nitrogen and oxygen atoms in total. The summed E-state index contributed by atoms with van der Waals surface area (Å²) in [6.45, 7) is 10.4. The van der Waals surface area contributed by atoms with Crippen molar-refractivity contribution in [3.05, 3.63) is 48.2 Å². The van der Waals surface area contributed by atoms with Gasteiger partial charge in [-0.2, -0.15) is 13.2 Å². The van der Waals surface area contributed by atoms with E-state index in [4.69, 9.17) is 0 Å². The molecule has 2 atom stereocenters. The third-order valence-electron chi connectivity index (χ3n) is 9.13. The molecule has 0 aliphatic carbocycles. The Morgan fingerprint density at radius 3 is 2.21 bits per heavy atom. The average Bonchev–Trinajstić information content (AvgIpc) is 3.41. The van der Waals surface area contributed by atoms with Crippen molar-refractivity contribution in [2.75, 3.05) is 56.6 Å². The maximum atomic E-state index is 14.4. The van der Waals surface area contributed by atoms with E-state index < -0.39 is 11.7 Å². The minimum Gasteiger partial charge on any atom is -0.371 e. The molecule has 4 heterocycles. The molecule has 42 heavy (non-hydrogen) atoms. The molecule has 2 aromatic heterocycles. The van der Waals surface area contributed by atoms with Gasteiger partial charge in [-0.1, -0.05) is 19.1 Å². The fraction of sp³-hybridized carbons (Fsp3) is 0.516. The Balaban J connectivity index is 1.39. The highest BCUT2D eigenvalue weighted by molar-refractivity contribution is 5.85. The Bertz CT molecular complexity index is 1560. The number of alkyl halides is 3. The van der Waals surface area contributed by atoms with E-state index in [0.717, 1.165) is 49.5 Å². The first kappa shape index (κ1) is 28.7. The molecule has 224 valence electrons. The van der Waals surface area contributed by atoms with Crippen LogP contribution in [0.4, 0.5) is 24.8 Å². The van der Waals surface area contributed by atoms with E-state index in [-0.39, 0.29) is 5.69 Å². The topological polar surface area (TPSA) is 56.0 Å². The van der Waals surface area contributed by atoms with Gasteiger partial charge in [-0.25, -0.2) is 0 Å². The van der Waals surface area contributed by atoms with Crippen LogP contribution in [0.1, 0.15) is 39.2 Å². The van der Waals surface area contributed by atoms with E-state index >= 15 is 0 Å². The van der Waals surface area contributed by atoms with Gasteiger partial charge in [-0.05, 0) is 82.7 Å². The van der Waals surface area contributed by atoms with Crippen LogP contribution in [0.15, 0.2) is 42.6 Å². The standard InChI is InChI=1S/C31H39F3N8/c1-6-41-20(2)18-40(19-21(41)3)30-37-36-29-17-35-26-9-7-23(16-28(26)42(29)30)22-8-10-27(25(15-22)31(32,33)34)39-13-11-24(12-14-39)38(4)5/h7-10,15-17,20-21,24H,6,11-14,18-19H2,1-5H3/t20-,21?/m0/s1. The van der Waals surface area contributed by atoms with Crippen molar-refractivity contribution in [3.63, 3.8) is 0 Å². The van der Waals surface area contributed by atoms with E-state index in [0.29, 0.717) is 48.0 Å². The molecule has 2 aliphatic rings.